The number of aromatic nitrogens is 2. The number of allylic oxidation sites excluding steroid dienone is 2. The van der Waals surface area contributed by atoms with Gasteiger partial charge in [0.2, 0.25) is 5.69 Å². The van der Waals surface area contributed by atoms with Crippen LogP contribution in [0.4, 0.5) is 17.1 Å². The Morgan fingerprint density at radius 3 is 1.20 bits per heavy atom. The van der Waals surface area contributed by atoms with E-state index in [0.29, 0.717) is 0 Å². The molecule has 240 valence electrons. The Kier molecular flexibility index (Phi) is 7.81. The maximum Gasteiger partial charge on any atom is 0.273 e. The molecule has 0 saturated heterocycles. The third-order valence-corrected chi connectivity index (χ3v) is 7.80. The number of nitriles is 5. The second-order valence-electron chi connectivity index (χ2n) is 10.8. The second-order valence-corrected chi connectivity index (χ2v) is 10.8. The van der Waals surface area contributed by atoms with Crippen LogP contribution in [-0.2, 0) is 0 Å². The lowest BCUT2D eigenvalue weighted by Gasteiger charge is -2.08. The van der Waals surface area contributed by atoms with Crippen molar-refractivity contribution in [2.75, 3.05) is 0 Å². The van der Waals surface area contributed by atoms with Gasteiger partial charge in [0.15, 0.2) is 34.7 Å². The Morgan fingerprint density at radius 1 is 0.463 bits per heavy atom. The van der Waals surface area contributed by atoms with Gasteiger partial charge in [0, 0.05) is 0 Å². The van der Waals surface area contributed by atoms with Gasteiger partial charge in [-0.2, -0.15) is 26.3 Å². The number of rotatable bonds is 3. The van der Waals surface area contributed by atoms with E-state index < -0.39 is 0 Å². The van der Waals surface area contributed by atoms with Crippen LogP contribution in [-0.4, -0.2) is 9.97 Å². The van der Waals surface area contributed by atoms with Gasteiger partial charge in [-0.25, -0.2) is 49.6 Å². The fourth-order valence-electron chi connectivity index (χ4n) is 5.32. The Morgan fingerprint density at radius 2 is 0.833 bits per heavy atom. The average molecular weight is 690 g/mol. The molecule has 0 radical (unpaired) electrons. The molecule has 1 aromatic heterocycles. The molecule has 0 unspecified atom stereocenters. The minimum atomic E-state index is -0.337. The lowest BCUT2D eigenvalue weighted by Crippen LogP contribution is -2.22. The molecule has 0 N–H and O–H groups in total. The van der Waals surface area contributed by atoms with Crippen LogP contribution < -0.4 is 32.1 Å². The van der Waals surface area contributed by atoms with Crippen LogP contribution in [0.2, 0.25) is 0 Å². The van der Waals surface area contributed by atoms with E-state index >= 15 is 0 Å². The molecule has 3 aliphatic heterocycles. The number of hydrogen-bond donors (Lipinski definition) is 0. The van der Waals surface area contributed by atoms with Crippen LogP contribution in [0.25, 0.3) is 36.2 Å². The van der Waals surface area contributed by atoms with Gasteiger partial charge < -0.3 is 0 Å². The number of hydrogen-bond acceptors (Lipinski definition) is 13. The summed E-state index contributed by atoms with van der Waals surface area (Å²) in [6.45, 7) is 30.3. The second kappa shape index (κ2) is 12.9. The van der Waals surface area contributed by atoms with Crippen molar-refractivity contribution in [2.45, 2.75) is 0 Å². The summed E-state index contributed by atoms with van der Waals surface area (Å²) < 4.78 is 0. The molecule has 0 atom stereocenters. The normalized spacial score (nSPS) is 12.9. The smallest absolute Gasteiger partial charge is 0.250 e. The van der Waals surface area contributed by atoms with Gasteiger partial charge in [-0.15, -0.1) is 0 Å². The zero-order chi connectivity index (χ0) is 38.1. The molecule has 0 saturated carbocycles. The molecule has 7 rings (SSSR count). The van der Waals surface area contributed by atoms with Crippen molar-refractivity contribution in [2.24, 2.45) is 30.0 Å². The number of benzene rings is 3. The molecule has 3 aliphatic rings. The van der Waals surface area contributed by atoms with E-state index in [1.807, 2.05) is 30.3 Å². The standard InChI is InChI=1S/C37H7N17/c1-43-22-8-30-29(7-19(22)14-40)53-37(54-30)33(46-4)36-47-23(20(15-41)34-49-27-5-17(12-38)18(13-39)6-28(27)50-34)9-24(48-36)21(16-42)35-51-31-10-25(44-2)26(45-3)11-32(31)52-35/h5-11H/b37-33-. The first kappa shape index (κ1) is 32.7. The van der Waals surface area contributed by atoms with E-state index in [9.17, 15) is 26.3 Å². The fraction of sp³-hybridized carbons (Fsp3) is 0. The predicted molar refractivity (Wildman–Crippen MR) is 180 cm³/mol. The number of fused-ring (bicyclic) bond motifs is 3. The van der Waals surface area contributed by atoms with Crippen molar-refractivity contribution in [3.8, 4) is 30.3 Å². The van der Waals surface area contributed by atoms with E-state index in [1.165, 1.54) is 42.5 Å². The Balaban J connectivity index is 1.51. The van der Waals surface area contributed by atoms with Crippen LogP contribution in [0.15, 0.2) is 89.9 Å². The highest BCUT2D eigenvalue weighted by Crippen LogP contribution is 2.30. The lowest BCUT2D eigenvalue weighted by molar-refractivity contribution is 1.06. The van der Waals surface area contributed by atoms with Gasteiger partial charge in [-0.05, 0) is 42.5 Å². The molecule has 4 heterocycles. The lowest BCUT2D eigenvalue weighted by atomic mass is 10.1. The fourth-order valence-corrected chi connectivity index (χ4v) is 5.32. The minimum Gasteiger partial charge on any atom is -0.250 e. The summed E-state index contributed by atoms with van der Waals surface area (Å²) in [7, 11) is 0. The summed E-state index contributed by atoms with van der Waals surface area (Å²) in [4.78, 5) is 49.0. The van der Waals surface area contributed by atoms with Crippen LogP contribution in [0.3, 0.4) is 0 Å². The first-order valence-corrected chi connectivity index (χ1v) is 14.8. The molecule has 17 heteroatoms. The molecule has 3 aromatic carbocycles. The molecule has 0 bridgehead atoms. The van der Waals surface area contributed by atoms with Gasteiger partial charge in [-0.1, -0.05) is 0 Å². The zero-order valence-electron chi connectivity index (χ0n) is 26.6. The molecule has 0 fully saturated rings. The molecule has 54 heavy (non-hydrogen) atoms. The first-order valence-electron chi connectivity index (χ1n) is 14.8. The zero-order valence-corrected chi connectivity index (χ0v) is 26.6. The van der Waals surface area contributed by atoms with E-state index in [1.54, 1.807) is 0 Å². The van der Waals surface area contributed by atoms with Crippen molar-refractivity contribution in [1.29, 1.82) is 26.3 Å². The van der Waals surface area contributed by atoms with E-state index in [2.05, 4.69) is 59.3 Å². The number of nitrogens with zero attached hydrogens (tertiary/aromatic N) is 17. The quantitative estimate of drug-likeness (QED) is 0.230. The summed E-state index contributed by atoms with van der Waals surface area (Å²) >= 11 is 0. The molecule has 0 amide bonds. The van der Waals surface area contributed by atoms with Crippen molar-refractivity contribution >= 4 is 33.9 Å². The van der Waals surface area contributed by atoms with E-state index in [-0.39, 0.29) is 117 Å². The molecular weight excluding hydrogens is 683 g/mol. The molecule has 0 aliphatic carbocycles. The van der Waals surface area contributed by atoms with Crippen molar-refractivity contribution in [1.82, 2.24) is 9.97 Å². The Hall–Kier alpha value is -9.83. The first-order chi connectivity index (χ1) is 26.3. The Labute approximate surface area is 301 Å². The monoisotopic (exact) mass is 689 g/mol. The van der Waals surface area contributed by atoms with Gasteiger partial charge in [0.25, 0.3) is 5.70 Å². The van der Waals surface area contributed by atoms with Gasteiger partial charge in [-0.3, -0.25) is 9.69 Å². The maximum atomic E-state index is 10.4. The third kappa shape index (κ3) is 5.30. The van der Waals surface area contributed by atoms with E-state index in [4.69, 9.17) is 26.3 Å². The largest absolute Gasteiger partial charge is 0.273 e. The SMILES string of the molecule is [C-]#[N+]/C(=C1/N=c2cc(C#N)c([N+]#[C-])cc2=N1)c1nc(C(C#N)=C2N=c3cc(C#N)c(C#N)cc3=N2)cc(C(C#N)=C2N=c3cc([N+]#[C-])c([N+]#[C-])cc3=N2)n1. The highest BCUT2D eigenvalue weighted by Gasteiger charge is 2.24. The van der Waals surface area contributed by atoms with Gasteiger partial charge in [0.1, 0.15) is 35.4 Å². The van der Waals surface area contributed by atoms with Crippen molar-refractivity contribution in [3.63, 3.8) is 0 Å². The highest BCUT2D eigenvalue weighted by molar-refractivity contribution is 5.84. The summed E-state index contributed by atoms with van der Waals surface area (Å²) in [5.41, 5.74) is -0.831. The minimum absolute atomic E-state index is 0.0304. The summed E-state index contributed by atoms with van der Waals surface area (Å²) in [5, 5.41) is 50.6. The van der Waals surface area contributed by atoms with Crippen LogP contribution in [0.5, 0.6) is 0 Å². The predicted octanol–water partition coefficient (Wildman–Crippen LogP) is 2.53. The summed E-state index contributed by atoms with van der Waals surface area (Å²) in [6.07, 6.45) is 0. The summed E-state index contributed by atoms with van der Waals surface area (Å²) in [5.74, 6) is -0.804. The highest BCUT2D eigenvalue weighted by atomic mass is 15.1. The maximum absolute atomic E-state index is 10.4. The molecular formula is C37H7N17. The van der Waals surface area contributed by atoms with Crippen LogP contribution in [0.1, 0.15) is 33.9 Å². The van der Waals surface area contributed by atoms with Crippen LogP contribution >= 0.6 is 0 Å². The van der Waals surface area contributed by atoms with Crippen molar-refractivity contribution < 1.29 is 0 Å². The van der Waals surface area contributed by atoms with Crippen molar-refractivity contribution in [3.05, 3.63) is 172 Å². The average Bonchev–Trinajstić information content (AvgIpc) is 3.92. The molecule has 0 spiro atoms. The third-order valence-electron chi connectivity index (χ3n) is 7.80. The van der Waals surface area contributed by atoms with E-state index in [0.717, 1.165) is 0 Å². The van der Waals surface area contributed by atoms with Gasteiger partial charge in [0.05, 0.1) is 92.6 Å². The topological polar surface area (TPSA) is 236 Å². The van der Waals surface area contributed by atoms with Gasteiger partial charge >= 0.3 is 0 Å². The summed E-state index contributed by atoms with van der Waals surface area (Å²) in [6, 6.07) is 19.2. The molecule has 17 nitrogen and oxygen atoms in total. The molecule has 4 aromatic rings. The van der Waals surface area contributed by atoms with Crippen LogP contribution in [0, 0.1) is 82.9 Å². The Bertz CT molecular complexity index is 2890.